The molecule has 0 saturated heterocycles. The first-order chi connectivity index (χ1) is 9.17. The van der Waals surface area contributed by atoms with Crippen molar-refractivity contribution in [2.24, 2.45) is 11.1 Å². The fourth-order valence-electron chi connectivity index (χ4n) is 2.24. The number of rotatable bonds is 8. The number of carbonyl (C=O) groups is 1. The molecule has 1 aromatic rings. The highest BCUT2D eigenvalue weighted by molar-refractivity contribution is 5.88. The normalized spacial score (nSPS) is 13.2. The summed E-state index contributed by atoms with van der Waals surface area (Å²) in [6.45, 7) is 1.88. The van der Waals surface area contributed by atoms with E-state index in [0.717, 1.165) is 19.3 Å². The number of carboxylic acids is 1. The maximum atomic E-state index is 10.8. The fourth-order valence-corrected chi connectivity index (χ4v) is 2.24. The van der Waals surface area contributed by atoms with Gasteiger partial charge in [0.2, 0.25) is 0 Å². The molecule has 0 radical (unpaired) electrons. The molecule has 0 aliphatic carbocycles. The molecule has 1 atom stereocenters. The fraction of sp³-hybridized carbons (Fsp3) is 0.467. The quantitative estimate of drug-likeness (QED) is 0.429. The van der Waals surface area contributed by atoms with Crippen molar-refractivity contribution in [2.45, 2.75) is 39.0 Å². The number of hydrogen-bond donors (Lipinski definition) is 2. The predicted octanol–water partition coefficient (Wildman–Crippen LogP) is 3.34. The first-order valence-electron chi connectivity index (χ1n) is 6.63. The average Bonchev–Trinajstić information content (AvgIpc) is 2.40. The van der Waals surface area contributed by atoms with E-state index < -0.39 is 5.97 Å². The molecule has 2 N–H and O–H groups in total. The van der Waals surface area contributed by atoms with Gasteiger partial charge in [-0.3, -0.25) is 4.79 Å². The van der Waals surface area contributed by atoms with E-state index in [0.29, 0.717) is 12.1 Å². The first kappa shape index (κ1) is 15.2. The molecule has 0 heterocycles. The lowest BCUT2D eigenvalue weighted by molar-refractivity contribution is -0.137. The molecular weight excluding hydrogens is 242 g/mol. The van der Waals surface area contributed by atoms with E-state index in [-0.39, 0.29) is 12.3 Å². The van der Waals surface area contributed by atoms with Gasteiger partial charge in [0, 0.05) is 5.92 Å². The molecule has 0 saturated carbocycles. The van der Waals surface area contributed by atoms with E-state index in [2.05, 4.69) is 17.3 Å². The standard InChI is InChI=1S/C15H21NO3/c1-2-14(16-19)13(11-15(17)18)10-6-9-12-7-4-3-5-8-12/h3-5,7-8,13,19H,2,6,9-11H2,1H3,(H,17,18). The molecule has 1 rings (SSSR count). The van der Waals surface area contributed by atoms with Gasteiger partial charge in [-0.2, -0.15) is 0 Å². The maximum absolute atomic E-state index is 10.8. The Bertz CT molecular complexity index is 415. The number of nitrogens with zero attached hydrogens (tertiary/aromatic N) is 1. The van der Waals surface area contributed by atoms with Crippen LogP contribution in [0.5, 0.6) is 0 Å². The molecule has 0 spiro atoms. The van der Waals surface area contributed by atoms with Crippen LogP contribution in [0.1, 0.15) is 38.2 Å². The topological polar surface area (TPSA) is 69.9 Å². The van der Waals surface area contributed by atoms with Gasteiger partial charge in [-0.15, -0.1) is 0 Å². The zero-order valence-electron chi connectivity index (χ0n) is 11.2. The second kappa shape index (κ2) is 8.29. The molecule has 19 heavy (non-hydrogen) atoms. The molecule has 0 bridgehead atoms. The van der Waals surface area contributed by atoms with Gasteiger partial charge >= 0.3 is 5.97 Å². The highest BCUT2D eigenvalue weighted by Crippen LogP contribution is 2.18. The lowest BCUT2D eigenvalue weighted by Gasteiger charge is -2.15. The summed E-state index contributed by atoms with van der Waals surface area (Å²) < 4.78 is 0. The second-order valence-electron chi connectivity index (χ2n) is 4.62. The predicted molar refractivity (Wildman–Crippen MR) is 74.6 cm³/mol. The van der Waals surface area contributed by atoms with Crippen LogP contribution in [-0.2, 0) is 11.2 Å². The molecule has 1 aromatic carbocycles. The monoisotopic (exact) mass is 263 g/mol. The van der Waals surface area contributed by atoms with Gasteiger partial charge in [-0.05, 0) is 31.2 Å². The Balaban J connectivity index is 2.51. The Morgan fingerprint density at radius 2 is 2.00 bits per heavy atom. The van der Waals surface area contributed by atoms with E-state index >= 15 is 0 Å². The van der Waals surface area contributed by atoms with E-state index in [9.17, 15) is 4.79 Å². The summed E-state index contributed by atoms with van der Waals surface area (Å²) in [5.41, 5.74) is 1.83. The van der Waals surface area contributed by atoms with Gasteiger partial charge in [0.05, 0.1) is 12.1 Å². The highest BCUT2D eigenvalue weighted by atomic mass is 16.4. The van der Waals surface area contributed by atoms with Crippen LogP contribution < -0.4 is 0 Å². The van der Waals surface area contributed by atoms with Crippen LogP contribution in [0.2, 0.25) is 0 Å². The molecule has 0 aliphatic heterocycles. The lowest BCUT2D eigenvalue weighted by Crippen LogP contribution is -2.18. The lowest BCUT2D eigenvalue weighted by atomic mass is 9.91. The van der Waals surface area contributed by atoms with Crippen molar-refractivity contribution in [3.8, 4) is 0 Å². The summed E-state index contributed by atoms with van der Waals surface area (Å²) in [5, 5.41) is 21.1. The Morgan fingerprint density at radius 1 is 1.32 bits per heavy atom. The van der Waals surface area contributed by atoms with Crippen LogP contribution in [-0.4, -0.2) is 22.0 Å². The minimum atomic E-state index is -0.848. The van der Waals surface area contributed by atoms with Gasteiger partial charge < -0.3 is 10.3 Å². The molecule has 0 aliphatic rings. The van der Waals surface area contributed by atoms with Gasteiger partial charge in [0.1, 0.15) is 0 Å². The van der Waals surface area contributed by atoms with Crippen molar-refractivity contribution in [1.29, 1.82) is 0 Å². The Kier molecular flexibility index (Phi) is 6.64. The summed E-state index contributed by atoms with van der Waals surface area (Å²) in [7, 11) is 0. The van der Waals surface area contributed by atoms with Gasteiger partial charge in [-0.1, -0.05) is 42.4 Å². The second-order valence-corrected chi connectivity index (χ2v) is 4.62. The Labute approximate surface area is 113 Å². The van der Waals surface area contributed by atoms with Crippen molar-refractivity contribution < 1.29 is 15.1 Å². The van der Waals surface area contributed by atoms with Crippen LogP contribution in [0.3, 0.4) is 0 Å². The van der Waals surface area contributed by atoms with Crippen molar-refractivity contribution in [1.82, 2.24) is 0 Å². The zero-order valence-corrected chi connectivity index (χ0v) is 11.2. The van der Waals surface area contributed by atoms with Gasteiger partial charge in [0.25, 0.3) is 0 Å². The molecule has 4 nitrogen and oxygen atoms in total. The molecule has 104 valence electrons. The van der Waals surface area contributed by atoms with E-state index in [1.807, 2.05) is 25.1 Å². The van der Waals surface area contributed by atoms with Crippen LogP contribution in [0.4, 0.5) is 0 Å². The molecule has 4 heteroatoms. The summed E-state index contributed by atoms with van der Waals surface area (Å²) >= 11 is 0. The van der Waals surface area contributed by atoms with Crippen LogP contribution in [0.15, 0.2) is 35.5 Å². The SMILES string of the molecule is CCC(=NO)C(CCCc1ccccc1)CC(=O)O. The van der Waals surface area contributed by atoms with Gasteiger partial charge in [-0.25, -0.2) is 0 Å². The largest absolute Gasteiger partial charge is 0.481 e. The minimum absolute atomic E-state index is 0.0298. The molecule has 0 fully saturated rings. The van der Waals surface area contributed by atoms with E-state index in [4.69, 9.17) is 10.3 Å². The first-order valence-corrected chi connectivity index (χ1v) is 6.63. The summed E-state index contributed by atoms with van der Waals surface area (Å²) in [6.07, 6.45) is 3.15. The Morgan fingerprint density at radius 3 is 2.53 bits per heavy atom. The van der Waals surface area contributed by atoms with Gasteiger partial charge in [0.15, 0.2) is 0 Å². The molecule has 0 aromatic heterocycles. The number of carboxylic acid groups (broad SMARTS) is 1. The van der Waals surface area contributed by atoms with Crippen LogP contribution >= 0.6 is 0 Å². The third-order valence-electron chi connectivity index (χ3n) is 3.24. The van der Waals surface area contributed by atoms with Crippen LogP contribution in [0, 0.1) is 5.92 Å². The minimum Gasteiger partial charge on any atom is -0.481 e. The third-order valence-corrected chi connectivity index (χ3v) is 3.24. The number of oxime groups is 1. The molecule has 1 unspecified atom stereocenters. The highest BCUT2D eigenvalue weighted by Gasteiger charge is 2.18. The molecular formula is C15H21NO3. The smallest absolute Gasteiger partial charge is 0.304 e. The van der Waals surface area contributed by atoms with E-state index in [1.165, 1.54) is 5.56 Å². The summed E-state index contributed by atoms with van der Waals surface area (Å²) in [4.78, 5) is 10.8. The number of benzene rings is 1. The zero-order chi connectivity index (χ0) is 14.1. The summed E-state index contributed by atoms with van der Waals surface area (Å²) in [5.74, 6) is -1.02. The van der Waals surface area contributed by atoms with Crippen molar-refractivity contribution >= 4 is 11.7 Å². The van der Waals surface area contributed by atoms with E-state index in [1.54, 1.807) is 0 Å². The van der Waals surface area contributed by atoms with Crippen molar-refractivity contribution in [3.05, 3.63) is 35.9 Å². The number of aliphatic carboxylic acids is 1. The van der Waals surface area contributed by atoms with Crippen LogP contribution in [0.25, 0.3) is 0 Å². The Hall–Kier alpha value is -1.84. The number of aryl methyl sites for hydroxylation is 1. The number of hydrogen-bond acceptors (Lipinski definition) is 3. The summed E-state index contributed by atoms with van der Waals surface area (Å²) in [6, 6.07) is 10.1. The average molecular weight is 263 g/mol. The van der Waals surface area contributed by atoms with Crippen molar-refractivity contribution in [3.63, 3.8) is 0 Å². The molecule has 0 amide bonds. The third kappa shape index (κ3) is 5.55. The van der Waals surface area contributed by atoms with Crippen molar-refractivity contribution in [2.75, 3.05) is 0 Å². The maximum Gasteiger partial charge on any atom is 0.304 e.